The van der Waals surface area contributed by atoms with E-state index in [2.05, 4.69) is 19.9 Å². The largest absolute Gasteiger partial charge is 0.481 e. The lowest BCUT2D eigenvalue weighted by Crippen LogP contribution is -2.56. The number of carbonyl (C=O) groups is 1. The molecule has 3 N–H and O–H groups in total. The number of aliphatic carboxylic acids is 1. The molecule has 0 radical (unpaired) electrons. The van der Waals surface area contributed by atoms with Gasteiger partial charge in [-0.15, -0.1) is 0 Å². The normalized spacial score (nSPS) is 52.3. The van der Waals surface area contributed by atoms with Gasteiger partial charge in [-0.3, -0.25) is 4.79 Å². The lowest BCUT2D eigenvalue weighted by Gasteiger charge is -2.57. The number of epoxide rings is 1. The first kappa shape index (κ1) is 18.9. The van der Waals surface area contributed by atoms with E-state index in [0.717, 1.165) is 44.3 Å². The molecule has 1 aliphatic heterocycles. The molecule has 28 heavy (non-hydrogen) atoms. The zero-order valence-corrected chi connectivity index (χ0v) is 17.0. The first-order chi connectivity index (χ1) is 13.3. The third-order valence-electron chi connectivity index (χ3n) is 9.46. The summed E-state index contributed by atoms with van der Waals surface area (Å²) in [6, 6.07) is 0. The van der Waals surface area contributed by atoms with Crippen LogP contribution < -0.4 is 0 Å². The molecule has 0 aromatic rings. The number of fused-ring (bicyclic) bond motifs is 4. The number of aliphatic hydroxyl groups is 2. The van der Waals surface area contributed by atoms with Crippen LogP contribution >= 0.6 is 0 Å². The molecule has 1 saturated heterocycles. The highest BCUT2D eigenvalue weighted by Crippen LogP contribution is 2.71. The standard InChI is InChI=1S/C23H34O5/c1-12(3-6-20(26)27)15-4-5-16-21-17(11-19-23(15,16)28-19)22(2)8-7-14(24)9-13(22)10-18(21)25/h11-18,21,24-25H,3-10H2,1-2H3,(H,26,27). The van der Waals surface area contributed by atoms with Gasteiger partial charge in [0.1, 0.15) is 5.76 Å². The minimum absolute atomic E-state index is 0.140. The lowest BCUT2D eigenvalue weighted by molar-refractivity contribution is -0.137. The average molecular weight is 391 g/mol. The third kappa shape index (κ3) is 2.48. The van der Waals surface area contributed by atoms with E-state index in [0.29, 0.717) is 36.0 Å². The topological polar surface area (TPSA) is 90.3 Å². The molecule has 1 heterocycles. The zero-order chi connectivity index (χ0) is 19.8. The molecule has 0 amide bonds. The lowest BCUT2D eigenvalue weighted by atomic mass is 9.47. The Morgan fingerprint density at radius 3 is 2.82 bits per heavy atom. The molecule has 0 aromatic carbocycles. The van der Waals surface area contributed by atoms with Crippen molar-refractivity contribution in [2.24, 2.45) is 40.9 Å². The molecule has 4 fully saturated rings. The number of ether oxygens (including phenoxy) is 1. The predicted molar refractivity (Wildman–Crippen MR) is 103 cm³/mol. The van der Waals surface area contributed by atoms with E-state index in [4.69, 9.17) is 9.84 Å². The van der Waals surface area contributed by atoms with Crippen LogP contribution in [-0.4, -0.2) is 39.1 Å². The fourth-order valence-electron chi connectivity index (χ4n) is 7.95. The summed E-state index contributed by atoms with van der Waals surface area (Å²) >= 11 is 0. The van der Waals surface area contributed by atoms with Crippen LogP contribution in [-0.2, 0) is 9.53 Å². The van der Waals surface area contributed by atoms with Crippen LogP contribution in [0.4, 0.5) is 0 Å². The summed E-state index contributed by atoms with van der Waals surface area (Å²) in [4.78, 5) is 11.0. The summed E-state index contributed by atoms with van der Waals surface area (Å²) in [5.41, 5.74) is -0.0846. The van der Waals surface area contributed by atoms with Gasteiger partial charge in [0.05, 0.1) is 12.2 Å². The van der Waals surface area contributed by atoms with E-state index in [1.54, 1.807) is 0 Å². The highest BCUT2D eigenvalue weighted by Gasteiger charge is 2.74. The number of carboxylic acids is 1. The molecule has 156 valence electrons. The Morgan fingerprint density at radius 1 is 1.29 bits per heavy atom. The quantitative estimate of drug-likeness (QED) is 0.641. The van der Waals surface area contributed by atoms with Gasteiger partial charge in [0.2, 0.25) is 0 Å². The molecule has 5 heteroatoms. The second kappa shape index (κ2) is 6.21. The summed E-state index contributed by atoms with van der Waals surface area (Å²) in [7, 11) is 0. The predicted octanol–water partition coefficient (Wildman–Crippen LogP) is 3.34. The van der Waals surface area contributed by atoms with E-state index in [-0.39, 0.29) is 35.6 Å². The van der Waals surface area contributed by atoms with Crippen LogP contribution in [0.5, 0.6) is 0 Å². The molecule has 3 saturated carbocycles. The molecule has 5 aliphatic rings. The minimum atomic E-state index is -0.726. The summed E-state index contributed by atoms with van der Waals surface area (Å²) in [5, 5.41) is 30.4. The Hall–Kier alpha value is -1.07. The van der Waals surface area contributed by atoms with Gasteiger partial charge in [-0.2, -0.15) is 0 Å². The maximum Gasteiger partial charge on any atom is 0.303 e. The number of hydrogen-bond donors (Lipinski definition) is 3. The first-order valence-corrected chi connectivity index (χ1v) is 11.3. The van der Waals surface area contributed by atoms with Crippen LogP contribution in [0.3, 0.4) is 0 Å². The van der Waals surface area contributed by atoms with Gasteiger partial charge in [0.15, 0.2) is 5.60 Å². The second-order valence-electron chi connectivity index (χ2n) is 10.7. The van der Waals surface area contributed by atoms with Crippen molar-refractivity contribution in [2.45, 2.75) is 83.0 Å². The van der Waals surface area contributed by atoms with Gasteiger partial charge >= 0.3 is 5.97 Å². The van der Waals surface area contributed by atoms with Gasteiger partial charge in [-0.05, 0) is 80.1 Å². The van der Waals surface area contributed by atoms with Crippen LogP contribution in [0.15, 0.2) is 11.8 Å². The SMILES string of the molecule is CC(CCC(=O)O)C1CCC2C3C(O)CC4CC(O)CCC4(C)C3C=C3OC312. The molecule has 0 aromatic heterocycles. The van der Waals surface area contributed by atoms with E-state index in [1.807, 2.05) is 0 Å². The molecule has 5 rings (SSSR count). The summed E-state index contributed by atoms with van der Waals surface area (Å²) in [6.07, 6.45) is 8.33. The van der Waals surface area contributed by atoms with Crippen molar-refractivity contribution in [1.29, 1.82) is 0 Å². The van der Waals surface area contributed by atoms with Crippen molar-refractivity contribution in [3.05, 3.63) is 11.8 Å². The number of hydrogen-bond acceptors (Lipinski definition) is 4. The van der Waals surface area contributed by atoms with Gasteiger partial charge in [0, 0.05) is 18.3 Å². The van der Waals surface area contributed by atoms with E-state index < -0.39 is 5.97 Å². The van der Waals surface area contributed by atoms with Crippen LogP contribution in [0.25, 0.3) is 0 Å². The van der Waals surface area contributed by atoms with Crippen LogP contribution in [0, 0.1) is 40.9 Å². The maximum atomic E-state index is 11.2. The molecular formula is C23H34O5. The average Bonchev–Trinajstić information content (AvgIpc) is 3.24. The first-order valence-electron chi connectivity index (χ1n) is 11.3. The molecule has 10 atom stereocenters. The van der Waals surface area contributed by atoms with Gasteiger partial charge in [0.25, 0.3) is 0 Å². The Bertz CT molecular complexity index is 703. The zero-order valence-electron chi connectivity index (χ0n) is 17.0. The smallest absolute Gasteiger partial charge is 0.303 e. The summed E-state index contributed by atoms with van der Waals surface area (Å²) < 4.78 is 6.37. The van der Waals surface area contributed by atoms with Crippen molar-refractivity contribution in [2.75, 3.05) is 0 Å². The number of aliphatic hydroxyl groups excluding tert-OH is 2. The van der Waals surface area contributed by atoms with E-state index in [9.17, 15) is 15.0 Å². The minimum Gasteiger partial charge on any atom is -0.481 e. The third-order valence-corrected chi connectivity index (χ3v) is 9.46. The fourth-order valence-corrected chi connectivity index (χ4v) is 7.95. The maximum absolute atomic E-state index is 11.2. The molecule has 10 unspecified atom stereocenters. The number of carboxylic acid groups (broad SMARTS) is 1. The molecule has 4 aliphatic carbocycles. The van der Waals surface area contributed by atoms with Crippen molar-refractivity contribution >= 4 is 5.97 Å². The Balaban J connectivity index is 1.44. The second-order valence-corrected chi connectivity index (χ2v) is 10.7. The van der Waals surface area contributed by atoms with Gasteiger partial charge in [-0.1, -0.05) is 13.8 Å². The number of allylic oxidation sites excluding steroid dienone is 1. The Labute approximate surface area is 167 Å². The van der Waals surface area contributed by atoms with Crippen LogP contribution in [0.1, 0.15) is 65.2 Å². The molecule has 0 bridgehead atoms. The molecular weight excluding hydrogens is 356 g/mol. The van der Waals surface area contributed by atoms with Gasteiger partial charge in [-0.25, -0.2) is 0 Å². The van der Waals surface area contributed by atoms with Crippen molar-refractivity contribution in [1.82, 2.24) is 0 Å². The Kier molecular flexibility index (Phi) is 4.20. The van der Waals surface area contributed by atoms with E-state index in [1.165, 1.54) is 0 Å². The van der Waals surface area contributed by atoms with Crippen molar-refractivity contribution in [3.8, 4) is 0 Å². The van der Waals surface area contributed by atoms with Crippen molar-refractivity contribution < 1.29 is 24.9 Å². The highest BCUT2D eigenvalue weighted by molar-refractivity contribution is 5.66. The molecule has 5 nitrogen and oxygen atoms in total. The Morgan fingerprint density at radius 2 is 2.07 bits per heavy atom. The van der Waals surface area contributed by atoms with Crippen molar-refractivity contribution in [3.63, 3.8) is 0 Å². The van der Waals surface area contributed by atoms with E-state index >= 15 is 0 Å². The highest BCUT2D eigenvalue weighted by atomic mass is 16.6. The van der Waals surface area contributed by atoms with Crippen LogP contribution in [0.2, 0.25) is 0 Å². The summed E-state index contributed by atoms with van der Waals surface area (Å²) in [5.74, 6) is 2.39. The summed E-state index contributed by atoms with van der Waals surface area (Å²) in [6.45, 7) is 4.55. The molecule has 1 spiro atoms. The monoisotopic (exact) mass is 390 g/mol. The van der Waals surface area contributed by atoms with Gasteiger partial charge < -0.3 is 20.1 Å². The fraction of sp³-hybridized carbons (Fsp3) is 0.870. The number of rotatable bonds is 4.